The van der Waals surface area contributed by atoms with Gasteiger partial charge in [-0.2, -0.15) is 0 Å². The van der Waals surface area contributed by atoms with E-state index < -0.39 is 5.97 Å². The number of ether oxygens (including phenoxy) is 1. The molecule has 0 N–H and O–H groups in total. The van der Waals surface area contributed by atoms with Crippen LogP contribution >= 0.6 is 0 Å². The van der Waals surface area contributed by atoms with Crippen molar-refractivity contribution in [3.8, 4) is 0 Å². The van der Waals surface area contributed by atoms with Gasteiger partial charge in [-0.15, -0.1) is 0 Å². The lowest BCUT2D eigenvalue weighted by molar-refractivity contribution is -0.130. The molecule has 29 heavy (non-hydrogen) atoms. The molecule has 2 amide bonds. The van der Waals surface area contributed by atoms with Gasteiger partial charge in [0.25, 0.3) is 0 Å². The second kappa shape index (κ2) is 9.32. The fraction of sp³-hybridized carbons (Fsp3) is 0.318. The molecular formula is C22H23FN2O4. The summed E-state index contributed by atoms with van der Waals surface area (Å²) in [6.07, 6.45) is 0.332. The summed E-state index contributed by atoms with van der Waals surface area (Å²) in [6, 6.07) is 12.9. The maximum Gasteiger partial charge on any atom is 0.337 e. The Bertz CT molecular complexity index is 915. The zero-order valence-electron chi connectivity index (χ0n) is 16.3. The number of nitrogens with zero attached hydrogens (tertiary/aromatic N) is 2. The average Bonchev–Trinajstić information content (AvgIpc) is 2.89. The summed E-state index contributed by atoms with van der Waals surface area (Å²) in [5.41, 5.74) is 1.86. The average molecular weight is 398 g/mol. The molecule has 0 unspecified atom stereocenters. The second-order valence-electron chi connectivity index (χ2n) is 6.94. The van der Waals surface area contributed by atoms with E-state index in [4.69, 9.17) is 4.74 Å². The quantitative estimate of drug-likeness (QED) is 0.726. The van der Waals surface area contributed by atoms with Crippen LogP contribution in [0, 0.1) is 5.82 Å². The highest BCUT2D eigenvalue weighted by molar-refractivity contribution is 5.89. The molecule has 6 nitrogen and oxygen atoms in total. The van der Waals surface area contributed by atoms with Crippen LogP contribution < -0.4 is 0 Å². The standard InChI is InChI=1S/C22H23FN2O4/c1-29-22(28)18-6-2-5-17(12-18)15-25-11-10-24(9-8-20(25)26)21(27)14-16-4-3-7-19(23)13-16/h2-7,12-13H,8-11,14-15H2,1H3. The van der Waals surface area contributed by atoms with E-state index in [1.807, 2.05) is 6.07 Å². The summed E-state index contributed by atoms with van der Waals surface area (Å²) in [5, 5.41) is 0. The van der Waals surface area contributed by atoms with Gasteiger partial charge in [0.05, 0.1) is 19.1 Å². The van der Waals surface area contributed by atoms with Gasteiger partial charge in [0, 0.05) is 32.6 Å². The number of amides is 2. The molecule has 0 atom stereocenters. The van der Waals surface area contributed by atoms with E-state index in [1.54, 1.807) is 40.1 Å². The third-order valence-electron chi connectivity index (χ3n) is 4.91. The van der Waals surface area contributed by atoms with Crippen LogP contribution in [0.1, 0.15) is 27.9 Å². The zero-order valence-corrected chi connectivity index (χ0v) is 16.3. The minimum atomic E-state index is -0.428. The summed E-state index contributed by atoms with van der Waals surface area (Å²) >= 11 is 0. The monoisotopic (exact) mass is 398 g/mol. The molecule has 3 rings (SSSR count). The molecule has 0 radical (unpaired) electrons. The van der Waals surface area contributed by atoms with Crippen LogP contribution in [0.4, 0.5) is 4.39 Å². The molecule has 0 spiro atoms. The Balaban J connectivity index is 1.62. The molecule has 1 fully saturated rings. The number of esters is 1. The minimum absolute atomic E-state index is 0.0467. The van der Waals surface area contributed by atoms with Crippen LogP contribution in [0.15, 0.2) is 48.5 Å². The van der Waals surface area contributed by atoms with Crippen molar-refractivity contribution in [2.24, 2.45) is 0 Å². The highest BCUT2D eigenvalue weighted by Crippen LogP contribution is 2.14. The van der Waals surface area contributed by atoms with E-state index in [0.717, 1.165) is 5.56 Å². The van der Waals surface area contributed by atoms with Crippen LogP contribution in [0.25, 0.3) is 0 Å². The van der Waals surface area contributed by atoms with Gasteiger partial charge in [-0.1, -0.05) is 24.3 Å². The predicted molar refractivity (Wildman–Crippen MR) is 104 cm³/mol. The molecule has 2 aromatic carbocycles. The second-order valence-corrected chi connectivity index (χ2v) is 6.94. The Labute approximate surface area is 168 Å². The topological polar surface area (TPSA) is 66.9 Å². The Morgan fingerprint density at radius 2 is 1.79 bits per heavy atom. The largest absolute Gasteiger partial charge is 0.465 e. The van der Waals surface area contributed by atoms with Crippen molar-refractivity contribution in [3.63, 3.8) is 0 Å². The smallest absolute Gasteiger partial charge is 0.337 e. The molecule has 152 valence electrons. The fourth-order valence-electron chi connectivity index (χ4n) is 3.35. The molecule has 1 saturated heterocycles. The summed E-state index contributed by atoms with van der Waals surface area (Å²) < 4.78 is 18.1. The SMILES string of the molecule is COC(=O)c1cccc(CN2CCN(C(=O)Cc3cccc(F)c3)CCC2=O)c1. The van der Waals surface area contributed by atoms with Crippen molar-refractivity contribution >= 4 is 17.8 Å². The van der Waals surface area contributed by atoms with Gasteiger partial charge in [0.15, 0.2) is 0 Å². The van der Waals surface area contributed by atoms with E-state index >= 15 is 0 Å². The number of carbonyl (C=O) groups is 3. The molecule has 0 aromatic heterocycles. The number of carbonyl (C=O) groups excluding carboxylic acids is 3. The first-order valence-electron chi connectivity index (χ1n) is 9.43. The van der Waals surface area contributed by atoms with Crippen molar-refractivity contribution in [1.82, 2.24) is 9.80 Å². The number of hydrogen-bond donors (Lipinski definition) is 0. The molecule has 7 heteroatoms. The van der Waals surface area contributed by atoms with Crippen LogP contribution in [0.3, 0.4) is 0 Å². The van der Waals surface area contributed by atoms with Gasteiger partial charge in [-0.3, -0.25) is 9.59 Å². The first kappa shape index (κ1) is 20.5. The Kier molecular flexibility index (Phi) is 6.59. The highest BCUT2D eigenvalue weighted by atomic mass is 19.1. The van der Waals surface area contributed by atoms with Crippen LogP contribution in [-0.4, -0.2) is 54.3 Å². The summed E-state index contributed by atoms with van der Waals surface area (Å²) in [4.78, 5) is 40.1. The van der Waals surface area contributed by atoms with Crippen LogP contribution in [0.5, 0.6) is 0 Å². The summed E-state index contributed by atoms with van der Waals surface area (Å²) in [5.74, 6) is -0.975. The number of methoxy groups -OCH3 is 1. The van der Waals surface area contributed by atoms with Gasteiger partial charge >= 0.3 is 5.97 Å². The molecule has 0 bridgehead atoms. The van der Waals surface area contributed by atoms with Crippen molar-refractivity contribution in [2.45, 2.75) is 19.4 Å². The lowest BCUT2D eigenvalue weighted by Crippen LogP contribution is -2.36. The van der Waals surface area contributed by atoms with E-state index in [2.05, 4.69) is 0 Å². The first-order valence-corrected chi connectivity index (χ1v) is 9.43. The predicted octanol–water partition coefficient (Wildman–Crippen LogP) is 2.42. The van der Waals surface area contributed by atoms with E-state index in [1.165, 1.54) is 19.2 Å². The molecule has 1 heterocycles. The lowest BCUT2D eigenvalue weighted by atomic mass is 10.1. The van der Waals surface area contributed by atoms with E-state index in [9.17, 15) is 18.8 Å². The fourth-order valence-corrected chi connectivity index (χ4v) is 3.35. The number of rotatable bonds is 5. The zero-order chi connectivity index (χ0) is 20.8. The molecule has 1 aliphatic rings. The van der Waals surface area contributed by atoms with Gasteiger partial charge in [-0.05, 0) is 35.4 Å². The number of hydrogen-bond acceptors (Lipinski definition) is 4. The molecule has 0 saturated carbocycles. The van der Waals surface area contributed by atoms with Gasteiger partial charge in [-0.25, -0.2) is 9.18 Å². The summed E-state index contributed by atoms with van der Waals surface area (Å²) in [7, 11) is 1.32. The maximum absolute atomic E-state index is 13.3. The summed E-state index contributed by atoms with van der Waals surface area (Å²) in [6.45, 7) is 1.51. The Morgan fingerprint density at radius 3 is 2.55 bits per heavy atom. The van der Waals surface area contributed by atoms with Crippen molar-refractivity contribution < 1.29 is 23.5 Å². The number of benzene rings is 2. The maximum atomic E-state index is 13.3. The van der Waals surface area contributed by atoms with Crippen molar-refractivity contribution in [3.05, 3.63) is 71.0 Å². The minimum Gasteiger partial charge on any atom is -0.465 e. The van der Waals surface area contributed by atoms with Crippen molar-refractivity contribution in [2.75, 3.05) is 26.7 Å². The molecule has 1 aliphatic heterocycles. The molecule has 0 aliphatic carbocycles. The van der Waals surface area contributed by atoms with Gasteiger partial charge in [0.2, 0.25) is 11.8 Å². The highest BCUT2D eigenvalue weighted by Gasteiger charge is 2.24. The Morgan fingerprint density at radius 1 is 1.03 bits per heavy atom. The first-order chi connectivity index (χ1) is 14.0. The third-order valence-corrected chi connectivity index (χ3v) is 4.91. The van der Waals surface area contributed by atoms with E-state index in [-0.39, 0.29) is 30.5 Å². The van der Waals surface area contributed by atoms with Crippen molar-refractivity contribution in [1.29, 1.82) is 0 Å². The normalized spacial score (nSPS) is 14.5. The third kappa shape index (κ3) is 5.40. The number of halogens is 1. The van der Waals surface area contributed by atoms with Gasteiger partial charge < -0.3 is 14.5 Å². The van der Waals surface area contributed by atoms with Crippen LogP contribution in [0.2, 0.25) is 0 Å². The van der Waals surface area contributed by atoms with Gasteiger partial charge in [0.1, 0.15) is 5.82 Å². The Hall–Kier alpha value is -3.22. The van der Waals surface area contributed by atoms with Crippen LogP contribution in [-0.2, 0) is 27.3 Å². The lowest BCUT2D eigenvalue weighted by Gasteiger charge is -2.22. The molecule has 2 aromatic rings. The molecular weight excluding hydrogens is 375 g/mol. The van der Waals surface area contributed by atoms with E-state index in [0.29, 0.717) is 37.3 Å².